The summed E-state index contributed by atoms with van der Waals surface area (Å²) in [6.45, 7) is 11.5. The largest absolute Gasteiger partial charge is 0.131 e. The molecule has 0 aromatic rings. The second-order valence-electron chi connectivity index (χ2n) is 6.08. The summed E-state index contributed by atoms with van der Waals surface area (Å²) in [5, 5.41) is 0. The first-order valence-electron chi connectivity index (χ1n) is 8.97. The van der Waals surface area contributed by atoms with Gasteiger partial charge < -0.3 is 0 Å². The zero-order valence-corrected chi connectivity index (χ0v) is 16.8. The summed E-state index contributed by atoms with van der Waals surface area (Å²) < 4.78 is 0. The molecule has 1 heterocycles. The summed E-state index contributed by atoms with van der Waals surface area (Å²) in [6, 6.07) is 0. The van der Waals surface area contributed by atoms with Crippen molar-refractivity contribution in [2.45, 2.75) is 66.7 Å². The fraction of sp³-hybridized carbons (Fsp3) is 0.700. The molecule has 1 aliphatic rings. The predicted octanol–water partition coefficient (Wildman–Crippen LogP) is 7.44. The van der Waals surface area contributed by atoms with E-state index in [1.54, 1.807) is 15.4 Å². The molecule has 22 heavy (non-hydrogen) atoms. The van der Waals surface area contributed by atoms with Gasteiger partial charge in [-0.3, -0.25) is 0 Å². The maximum Gasteiger partial charge on any atom is 0.00614 e. The van der Waals surface area contributed by atoms with Crippen LogP contribution in [-0.4, -0.2) is 11.5 Å². The molecule has 0 amide bonds. The summed E-state index contributed by atoms with van der Waals surface area (Å²) in [5.41, 5.74) is 1.63. The van der Waals surface area contributed by atoms with E-state index in [1.807, 2.05) is 11.8 Å². The van der Waals surface area contributed by atoms with Gasteiger partial charge in [-0.05, 0) is 54.3 Å². The first kappa shape index (κ1) is 20.0. The molecule has 0 nitrogen and oxygen atoms in total. The molecule has 0 N–H and O–H groups in total. The van der Waals surface area contributed by atoms with Crippen LogP contribution in [0.25, 0.3) is 0 Å². The van der Waals surface area contributed by atoms with Crippen molar-refractivity contribution >= 4 is 23.5 Å². The smallest absolute Gasteiger partial charge is 0.00614 e. The van der Waals surface area contributed by atoms with Gasteiger partial charge in [-0.15, -0.1) is 23.5 Å². The maximum atomic E-state index is 2.55. The van der Waals surface area contributed by atoms with Crippen molar-refractivity contribution in [3.05, 3.63) is 33.6 Å². The zero-order valence-electron chi connectivity index (χ0n) is 15.2. The average molecular weight is 339 g/mol. The van der Waals surface area contributed by atoms with E-state index in [1.165, 1.54) is 43.6 Å². The van der Waals surface area contributed by atoms with Gasteiger partial charge in [0.25, 0.3) is 0 Å². The molecular formula is C20H34S2. The molecule has 2 heteroatoms. The Kier molecular flexibility index (Phi) is 10.4. The predicted molar refractivity (Wildman–Crippen MR) is 108 cm³/mol. The van der Waals surface area contributed by atoms with Crippen LogP contribution in [0.5, 0.6) is 0 Å². The Labute approximate surface area is 147 Å². The number of hydrogen-bond acceptors (Lipinski definition) is 2. The lowest BCUT2D eigenvalue weighted by Crippen LogP contribution is -2.01. The van der Waals surface area contributed by atoms with Crippen LogP contribution in [0.4, 0.5) is 0 Å². The third kappa shape index (κ3) is 6.58. The highest BCUT2D eigenvalue weighted by Gasteiger charge is 2.15. The van der Waals surface area contributed by atoms with Crippen LogP contribution in [0.3, 0.4) is 0 Å². The summed E-state index contributed by atoms with van der Waals surface area (Å²) >= 11 is 4.07. The van der Waals surface area contributed by atoms with E-state index in [9.17, 15) is 0 Å². The average Bonchev–Trinajstić information content (AvgIpc) is 3.07. The quantitative estimate of drug-likeness (QED) is 0.406. The summed E-state index contributed by atoms with van der Waals surface area (Å²) in [6.07, 6.45) is 13.6. The van der Waals surface area contributed by atoms with Crippen LogP contribution in [0.15, 0.2) is 33.6 Å². The van der Waals surface area contributed by atoms with E-state index in [-0.39, 0.29) is 0 Å². The first-order chi connectivity index (χ1) is 10.7. The molecule has 0 saturated carbocycles. The minimum atomic E-state index is 0.652. The molecule has 0 radical (unpaired) electrons. The molecule has 0 aliphatic carbocycles. The van der Waals surface area contributed by atoms with Crippen LogP contribution in [0, 0.1) is 11.8 Å². The van der Waals surface area contributed by atoms with Crippen LogP contribution >= 0.6 is 23.5 Å². The van der Waals surface area contributed by atoms with E-state index >= 15 is 0 Å². The van der Waals surface area contributed by atoms with Gasteiger partial charge in [0, 0.05) is 10.7 Å². The van der Waals surface area contributed by atoms with Gasteiger partial charge >= 0.3 is 0 Å². The highest BCUT2D eigenvalue weighted by molar-refractivity contribution is 8.03. The highest BCUT2D eigenvalue weighted by atomic mass is 32.2. The Balaban J connectivity index is 2.77. The number of allylic oxidation sites excluding steroid dienone is 5. The van der Waals surface area contributed by atoms with E-state index in [4.69, 9.17) is 0 Å². The van der Waals surface area contributed by atoms with E-state index < -0.39 is 0 Å². The minimum Gasteiger partial charge on any atom is -0.131 e. The second-order valence-corrected chi connectivity index (χ2v) is 8.56. The minimum absolute atomic E-state index is 0.652. The molecule has 0 fully saturated rings. The van der Waals surface area contributed by atoms with Gasteiger partial charge in [0.1, 0.15) is 0 Å². The normalized spacial score (nSPS) is 18.0. The molecule has 1 rings (SSSR count). The molecule has 0 saturated heterocycles. The molecule has 1 unspecified atom stereocenters. The third-order valence-corrected chi connectivity index (χ3v) is 6.92. The summed E-state index contributed by atoms with van der Waals surface area (Å²) in [7, 11) is 0. The number of rotatable bonds is 10. The molecule has 0 aromatic heterocycles. The van der Waals surface area contributed by atoms with Gasteiger partial charge in [-0.1, -0.05) is 58.8 Å². The molecular weight excluding hydrogens is 304 g/mol. The Morgan fingerprint density at radius 2 is 2.05 bits per heavy atom. The fourth-order valence-electron chi connectivity index (χ4n) is 2.93. The number of hydrogen-bond donors (Lipinski definition) is 0. The highest BCUT2D eigenvalue weighted by Crippen LogP contribution is 2.37. The maximum absolute atomic E-state index is 2.55. The topological polar surface area (TPSA) is 0 Å². The van der Waals surface area contributed by atoms with Crippen molar-refractivity contribution in [3.63, 3.8) is 0 Å². The Morgan fingerprint density at radius 1 is 1.32 bits per heavy atom. The van der Waals surface area contributed by atoms with Crippen molar-refractivity contribution in [1.29, 1.82) is 0 Å². The van der Waals surface area contributed by atoms with Gasteiger partial charge in [0.15, 0.2) is 0 Å². The third-order valence-electron chi connectivity index (χ3n) is 4.48. The van der Waals surface area contributed by atoms with Crippen LogP contribution in [-0.2, 0) is 0 Å². The lowest BCUT2D eigenvalue weighted by molar-refractivity contribution is 0.490. The van der Waals surface area contributed by atoms with E-state index in [2.05, 4.69) is 64.6 Å². The van der Waals surface area contributed by atoms with Crippen LogP contribution in [0.1, 0.15) is 66.7 Å². The molecule has 1 aliphatic heterocycles. The zero-order chi connectivity index (χ0) is 16.4. The summed E-state index contributed by atoms with van der Waals surface area (Å²) in [5.74, 6) is 3.94. The fourth-order valence-corrected chi connectivity index (χ4v) is 4.85. The summed E-state index contributed by atoms with van der Waals surface area (Å²) in [4.78, 5) is 3.12. The lowest BCUT2D eigenvalue weighted by Gasteiger charge is -2.18. The van der Waals surface area contributed by atoms with Crippen molar-refractivity contribution in [3.8, 4) is 0 Å². The molecule has 1 atom stereocenters. The van der Waals surface area contributed by atoms with Crippen molar-refractivity contribution in [2.75, 3.05) is 11.5 Å². The van der Waals surface area contributed by atoms with E-state index in [0.29, 0.717) is 5.92 Å². The Morgan fingerprint density at radius 3 is 2.55 bits per heavy atom. The van der Waals surface area contributed by atoms with E-state index in [0.717, 1.165) is 5.92 Å². The van der Waals surface area contributed by atoms with Crippen LogP contribution in [0.2, 0.25) is 0 Å². The second kappa shape index (κ2) is 11.5. The van der Waals surface area contributed by atoms with Crippen molar-refractivity contribution < 1.29 is 0 Å². The molecule has 0 bridgehead atoms. The van der Waals surface area contributed by atoms with Gasteiger partial charge in [-0.25, -0.2) is 0 Å². The number of thioether (sulfide) groups is 2. The first-order valence-corrected chi connectivity index (χ1v) is 10.9. The van der Waals surface area contributed by atoms with Gasteiger partial charge in [-0.2, -0.15) is 0 Å². The SMILES string of the molecule is CC=C(SCC)C(C)CC=C(CC(CC)CC)C1=CCCS1. The Hall–Kier alpha value is -0.0800. The Bertz CT molecular complexity index is 400. The standard InChI is InChI=1S/C20H34S2/c1-6-17(7-2)15-18(20-11-10-14-22-20)13-12-16(5)19(8-3)21-9-4/h8,11,13,16-17H,6-7,9-10,12,14-15H2,1-5H3. The molecule has 0 spiro atoms. The van der Waals surface area contributed by atoms with Crippen molar-refractivity contribution in [1.82, 2.24) is 0 Å². The monoisotopic (exact) mass is 338 g/mol. The van der Waals surface area contributed by atoms with Crippen LogP contribution < -0.4 is 0 Å². The van der Waals surface area contributed by atoms with Crippen molar-refractivity contribution in [2.24, 2.45) is 11.8 Å². The molecule has 0 aromatic carbocycles. The lowest BCUT2D eigenvalue weighted by atomic mass is 9.92. The molecule has 126 valence electrons. The van der Waals surface area contributed by atoms with Gasteiger partial charge in [0.2, 0.25) is 0 Å². The van der Waals surface area contributed by atoms with Gasteiger partial charge in [0.05, 0.1) is 0 Å².